The number of pyridine rings is 1. The van der Waals surface area contributed by atoms with Gasteiger partial charge in [-0.05, 0) is 59.5 Å². The van der Waals surface area contributed by atoms with E-state index in [1.54, 1.807) is 21.3 Å². The summed E-state index contributed by atoms with van der Waals surface area (Å²) >= 11 is 1.66. The normalized spacial score (nSPS) is 14.7. The van der Waals surface area contributed by atoms with Crippen LogP contribution in [0.25, 0.3) is 0 Å². The van der Waals surface area contributed by atoms with E-state index in [0.717, 1.165) is 35.7 Å². The van der Waals surface area contributed by atoms with Gasteiger partial charge in [0.2, 0.25) is 5.16 Å². The van der Waals surface area contributed by atoms with Crippen LogP contribution in [0, 0.1) is 6.92 Å². The summed E-state index contributed by atoms with van der Waals surface area (Å²) in [5.41, 5.74) is 3.36. The number of aromatic nitrogens is 5. The highest BCUT2D eigenvalue weighted by atomic mass is 32.2. The van der Waals surface area contributed by atoms with Crippen molar-refractivity contribution in [1.82, 2.24) is 30.1 Å². The van der Waals surface area contributed by atoms with E-state index >= 15 is 0 Å². The molecular weight excluding hydrogens is 400 g/mol. The zero-order valence-electron chi connectivity index (χ0n) is 17.1. The lowest BCUT2D eigenvalue weighted by Crippen LogP contribution is -2.41. The average Bonchev–Trinajstić information content (AvgIpc) is 3.16. The van der Waals surface area contributed by atoms with E-state index in [0.29, 0.717) is 24.1 Å². The van der Waals surface area contributed by atoms with Crippen LogP contribution in [0.5, 0.6) is 5.75 Å². The van der Waals surface area contributed by atoms with Gasteiger partial charge in [-0.3, -0.25) is 4.98 Å². The molecule has 8 nitrogen and oxygen atoms in total. The number of piperidine rings is 1. The van der Waals surface area contributed by atoms with Gasteiger partial charge >= 0.3 is 6.09 Å². The van der Waals surface area contributed by atoms with Crippen molar-refractivity contribution in [3.8, 4) is 5.75 Å². The minimum atomic E-state index is -0.299. The minimum Gasteiger partial charge on any atom is -0.410 e. The Morgan fingerprint density at radius 1 is 1.20 bits per heavy atom. The van der Waals surface area contributed by atoms with Gasteiger partial charge in [0.1, 0.15) is 5.75 Å². The maximum Gasteiger partial charge on any atom is 0.415 e. The molecule has 0 spiro atoms. The molecular formula is C21H24N6O2S. The molecule has 1 aliphatic heterocycles. The van der Waals surface area contributed by atoms with E-state index in [2.05, 4.69) is 33.5 Å². The Hall–Kier alpha value is -2.94. The number of thioether (sulfide) groups is 1. The summed E-state index contributed by atoms with van der Waals surface area (Å²) in [4.78, 5) is 18.7. The quantitative estimate of drug-likeness (QED) is 0.621. The van der Waals surface area contributed by atoms with Crippen molar-refractivity contribution in [3.63, 3.8) is 0 Å². The monoisotopic (exact) mass is 424 g/mol. The van der Waals surface area contributed by atoms with E-state index in [1.807, 2.05) is 43.6 Å². The molecule has 0 aliphatic carbocycles. The molecule has 0 atom stereocenters. The van der Waals surface area contributed by atoms with Crippen LogP contribution >= 0.6 is 11.8 Å². The summed E-state index contributed by atoms with van der Waals surface area (Å²) in [7, 11) is 1.83. The van der Waals surface area contributed by atoms with Crippen LogP contribution in [0.2, 0.25) is 0 Å². The van der Waals surface area contributed by atoms with Crippen molar-refractivity contribution >= 4 is 17.9 Å². The molecule has 156 valence electrons. The molecule has 1 amide bonds. The van der Waals surface area contributed by atoms with Crippen LogP contribution in [0.4, 0.5) is 4.79 Å². The topological polar surface area (TPSA) is 86.0 Å². The van der Waals surface area contributed by atoms with Crippen LogP contribution < -0.4 is 4.74 Å². The molecule has 0 N–H and O–H groups in total. The second kappa shape index (κ2) is 9.25. The van der Waals surface area contributed by atoms with Crippen molar-refractivity contribution in [2.75, 3.05) is 13.1 Å². The fourth-order valence-corrected chi connectivity index (χ4v) is 4.38. The van der Waals surface area contributed by atoms with Gasteiger partial charge in [-0.25, -0.2) is 9.48 Å². The highest BCUT2D eigenvalue weighted by Crippen LogP contribution is 2.28. The van der Waals surface area contributed by atoms with Crippen molar-refractivity contribution < 1.29 is 9.53 Å². The molecule has 1 fully saturated rings. The first-order valence-corrected chi connectivity index (χ1v) is 10.8. The number of tetrazole rings is 1. The summed E-state index contributed by atoms with van der Waals surface area (Å²) in [6.07, 6.45) is 4.04. The molecule has 0 unspecified atom stereocenters. The molecule has 30 heavy (non-hydrogen) atoms. The standard InChI is InChI=1S/C21H24N6O2S/c1-15-4-3-11-22-19(15)14-16-5-7-17(8-6-16)29-21(28)27-12-9-18(10-13-27)30-20-23-24-25-26(20)2/h3-8,11,18H,9-10,12-14H2,1-2H3. The number of hydrogen-bond acceptors (Lipinski definition) is 7. The first kappa shape index (κ1) is 20.3. The van der Waals surface area contributed by atoms with Crippen molar-refractivity contribution in [3.05, 3.63) is 59.4 Å². The molecule has 3 heterocycles. The number of rotatable bonds is 5. The van der Waals surface area contributed by atoms with E-state index in [1.165, 1.54) is 5.56 Å². The Morgan fingerprint density at radius 2 is 1.97 bits per heavy atom. The van der Waals surface area contributed by atoms with Gasteiger partial charge in [-0.1, -0.05) is 30.0 Å². The summed E-state index contributed by atoms with van der Waals surface area (Å²) in [5.74, 6) is 0.558. The van der Waals surface area contributed by atoms with Gasteiger partial charge < -0.3 is 9.64 Å². The number of carbonyl (C=O) groups is 1. The smallest absolute Gasteiger partial charge is 0.410 e. The summed E-state index contributed by atoms with van der Waals surface area (Å²) in [6, 6.07) is 11.6. The zero-order chi connectivity index (χ0) is 20.9. The molecule has 0 bridgehead atoms. The molecule has 1 saturated heterocycles. The highest BCUT2D eigenvalue weighted by molar-refractivity contribution is 7.99. The molecule has 2 aromatic heterocycles. The molecule has 3 aromatic rings. The van der Waals surface area contributed by atoms with E-state index < -0.39 is 0 Å². The lowest BCUT2D eigenvalue weighted by Gasteiger charge is -2.30. The number of aryl methyl sites for hydroxylation is 2. The van der Waals surface area contributed by atoms with Crippen LogP contribution in [-0.2, 0) is 13.5 Å². The molecule has 0 radical (unpaired) electrons. The number of hydrogen-bond donors (Lipinski definition) is 0. The Balaban J connectivity index is 1.27. The van der Waals surface area contributed by atoms with Gasteiger partial charge in [0.05, 0.1) is 0 Å². The molecule has 0 saturated carbocycles. The fourth-order valence-electron chi connectivity index (χ4n) is 3.36. The predicted molar refractivity (Wildman–Crippen MR) is 113 cm³/mol. The maximum atomic E-state index is 12.5. The van der Waals surface area contributed by atoms with Crippen molar-refractivity contribution in [2.24, 2.45) is 7.05 Å². The number of carbonyl (C=O) groups excluding carboxylic acids is 1. The third-order valence-electron chi connectivity index (χ3n) is 5.17. The van der Waals surface area contributed by atoms with Gasteiger partial charge in [0.15, 0.2) is 0 Å². The molecule has 1 aromatic carbocycles. The van der Waals surface area contributed by atoms with Crippen LogP contribution in [0.1, 0.15) is 29.7 Å². The number of ether oxygens (including phenoxy) is 1. The first-order valence-electron chi connectivity index (χ1n) is 9.93. The SMILES string of the molecule is Cc1cccnc1Cc1ccc(OC(=O)N2CCC(Sc3nnnn3C)CC2)cc1. The van der Waals surface area contributed by atoms with E-state index in [4.69, 9.17) is 4.74 Å². The number of amides is 1. The molecule has 9 heteroatoms. The second-order valence-corrected chi connectivity index (χ2v) is 8.61. The fraction of sp³-hybridized carbons (Fsp3) is 0.381. The summed E-state index contributed by atoms with van der Waals surface area (Å²) in [5, 5.41) is 12.7. The lowest BCUT2D eigenvalue weighted by molar-refractivity contribution is 0.143. The maximum absolute atomic E-state index is 12.5. The summed E-state index contributed by atoms with van der Waals surface area (Å²) < 4.78 is 7.24. The zero-order valence-corrected chi connectivity index (χ0v) is 17.9. The van der Waals surface area contributed by atoms with Crippen LogP contribution in [-0.4, -0.2) is 54.5 Å². The Morgan fingerprint density at radius 3 is 2.63 bits per heavy atom. The van der Waals surface area contributed by atoms with Gasteiger partial charge in [0.25, 0.3) is 0 Å². The third-order valence-corrected chi connectivity index (χ3v) is 6.53. The van der Waals surface area contributed by atoms with Crippen molar-refractivity contribution in [2.45, 2.75) is 36.6 Å². The first-order chi connectivity index (χ1) is 14.6. The van der Waals surface area contributed by atoms with E-state index in [-0.39, 0.29) is 6.09 Å². The lowest BCUT2D eigenvalue weighted by atomic mass is 10.1. The number of benzene rings is 1. The predicted octanol–water partition coefficient (Wildman–Crippen LogP) is 3.26. The van der Waals surface area contributed by atoms with E-state index in [9.17, 15) is 4.79 Å². The second-order valence-electron chi connectivity index (χ2n) is 7.35. The number of nitrogens with zero attached hydrogens (tertiary/aromatic N) is 6. The Labute approximate surface area is 179 Å². The number of likely N-dealkylation sites (tertiary alicyclic amines) is 1. The van der Waals surface area contributed by atoms with Gasteiger partial charge in [0, 0.05) is 43.7 Å². The Bertz CT molecular complexity index is 999. The molecule has 4 rings (SSSR count). The van der Waals surface area contributed by atoms with Crippen molar-refractivity contribution in [1.29, 1.82) is 0 Å². The van der Waals surface area contributed by atoms with Gasteiger partial charge in [-0.15, -0.1) is 5.10 Å². The minimum absolute atomic E-state index is 0.299. The van der Waals surface area contributed by atoms with Gasteiger partial charge in [-0.2, -0.15) is 0 Å². The van der Waals surface area contributed by atoms with Crippen LogP contribution in [0.3, 0.4) is 0 Å². The summed E-state index contributed by atoms with van der Waals surface area (Å²) in [6.45, 7) is 3.39. The van der Waals surface area contributed by atoms with Crippen LogP contribution in [0.15, 0.2) is 47.8 Å². The third kappa shape index (κ3) is 4.96. The highest BCUT2D eigenvalue weighted by Gasteiger charge is 2.26. The largest absolute Gasteiger partial charge is 0.415 e. The average molecular weight is 425 g/mol. The Kier molecular flexibility index (Phi) is 6.27. The molecule has 1 aliphatic rings.